The summed E-state index contributed by atoms with van der Waals surface area (Å²) in [5.41, 5.74) is 1.05. The Morgan fingerprint density at radius 1 is 1.26 bits per heavy atom. The summed E-state index contributed by atoms with van der Waals surface area (Å²) < 4.78 is 16.4. The molecule has 0 radical (unpaired) electrons. The third-order valence-corrected chi connectivity index (χ3v) is 3.30. The Morgan fingerprint density at radius 3 is 2.58 bits per heavy atom. The first-order valence-corrected chi connectivity index (χ1v) is 7.71. The van der Waals surface area contributed by atoms with Gasteiger partial charge < -0.3 is 14.2 Å². The van der Waals surface area contributed by atoms with E-state index in [2.05, 4.69) is 29.8 Å². The van der Waals surface area contributed by atoms with Crippen molar-refractivity contribution < 1.29 is 14.2 Å². The van der Waals surface area contributed by atoms with Gasteiger partial charge in [0.1, 0.15) is 6.61 Å². The van der Waals surface area contributed by atoms with Gasteiger partial charge in [0.25, 0.3) is 0 Å². The molecule has 19 heavy (non-hydrogen) atoms. The van der Waals surface area contributed by atoms with E-state index < -0.39 is 0 Å². The first-order valence-electron chi connectivity index (χ1n) is 6.21. The van der Waals surface area contributed by atoms with Crippen LogP contribution in [0.3, 0.4) is 0 Å². The fourth-order valence-electron chi connectivity index (χ4n) is 1.51. The molecule has 3 nitrogen and oxygen atoms in total. The molecular formula is C14H20BrClO3. The van der Waals surface area contributed by atoms with Crippen molar-refractivity contribution in [3.8, 4) is 11.5 Å². The van der Waals surface area contributed by atoms with E-state index in [9.17, 15) is 0 Å². The van der Waals surface area contributed by atoms with Crippen molar-refractivity contribution in [3.05, 3.63) is 22.7 Å². The van der Waals surface area contributed by atoms with Gasteiger partial charge in [-0.05, 0) is 23.6 Å². The Bertz CT molecular complexity index is 397. The van der Waals surface area contributed by atoms with E-state index in [0.29, 0.717) is 35.7 Å². The SMILES string of the molecule is COc1cc(CBr)cc(Cl)c1OCCOCC(C)C. The van der Waals surface area contributed by atoms with E-state index in [0.717, 1.165) is 17.5 Å². The summed E-state index contributed by atoms with van der Waals surface area (Å²) in [5, 5.41) is 1.28. The minimum atomic E-state index is 0.455. The highest BCUT2D eigenvalue weighted by Crippen LogP contribution is 2.36. The number of rotatable bonds is 8. The topological polar surface area (TPSA) is 27.7 Å². The normalized spacial score (nSPS) is 10.8. The highest BCUT2D eigenvalue weighted by atomic mass is 79.9. The van der Waals surface area contributed by atoms with Crippen LogP contribution in [0.1, 0.15) is 19.4 Å². The van der Waals surface area contributed by atoms with Crippen LogP contribution in [0.25, 0.3) is 0 Å². The molecule has 108 valence electrons. The van der Waals surface area contributed by atoms with Crippen molar-refractivity contribution in [2.24, 2.45) is 5.92 Å². The van der Waals surface area contributed by atoms with Crippen LogP contribution >= 0.6 is 27.5 Å². The number of methoxy groups -OCH3 is 1. The van der Waals surface area contributed by atoms with Gasteiger partial charge in [-0.15, -0.1) is 0 Å². The molecule has 5 heteroatoms. The summed E-state index contributed by atoms with van der Waals surface area (Å²) in [6.45, 7) is 5.95. The lowest BCUT2D eigenvalue weighted by Crippen LogP contribution is -2.10. The summed E-state index contributed by atoms with van der Waals surface area (Å²) in [7, 11) is 1.60. The summed E-state index contributed by atoms with van der Waals surface area (Å²) in [6, 6.07) is 3.77. The van der Waals surface area contributed by atoms with Gasteiger partial charge in [-0.25, -0.2) is 0 Å². The molecule has 0 amide bonds. The Hall–Kier alpha value is -0.450. The van der Waals surface area contributed by atoms with Crippen LogP contribution in [0.5, 0.6) is 11.5 Å². The Kier molecular flexibility index (Phi) is 7.57. The molecule has 0 spiro atoms. The second-order valence-corrected chi connectivity index (χ2v) is 5.53. The summed E-state index contributed by atoms with van der Waals surface area (Å²) in [5.74, 6) is 1.74. The molecule has 0 aliphatic heterocycles. The molecule has 0 heterocycles. The molecular weight excluding hydrogens is 332 g/mol. The maximum atomic E-state index is 6.19. The molecule has 1 aromatic carbocycles. The Morgan fingerprint density at radius 2 is 2.00 bits per heavy atom. The first-order chi connectivity index (χ1) is 9.08. The number of alkyl halides is 1. The second kappa shape index (κ2) is 8.67. The molecule has 0 N–H and O–H groups in total. The van der Waals surface area contributed by atoms with Crippen molar-refractivity contribution in [1.82, 2.24) is 0 Å². The van der Waals surface area contributed by atoms with Crippen LogP contribution in [0.15, 0.2) is 12.1 Å². The van der Waals surface area contributed by atoms with Gasteiger partial charge in [0.05, 0.1) is 18.7 Å². The molecule has 1 aromatic rings. The van der Waals surface area contributed by atoms with Gasteiger partial charge in [-0.2, -0.15) is 0 Å². The quantitative estimate of drug-likeness (QED) is 0.516. The molecule has 0 bridgehead atoms. The average Bonchev–Trinajstić information content (AvgIpc) is 2.38. The van der Waals surface area contributed by atoms with Crippen molar-refractivity contribution in [1.29, 1.82) is 0 Å². The van der Waals surface area contributed by atoms with Gasteiger partial charge in [-0.3, -0.25) is 0 Å². The molecule has 1 rings (SSSR count). The molecule has 0 atom stereocenters. The smallest absolute Gasteiger partial charge is 0.179 e. The standard InChI is InChI=1S/C14H20BrClO3/c1-10(2)9-18-4-5-19-14-12(16)6-11(8-15)7-13(14)17-3/h6-7,10H,4-5,8-9H2,1-3H3. The summed E-state index contributed by atoms with van der Waals surface area (Å²) in [4.78, 5) is 0. The summed E-state index contributed by atoms with van der Waals surface area (Å²) in [6.07, 6.45) is 0. The predicted octanol–water partition coefficient (Wildman–Crippen LogP) is 4.29. The average molecular weight is 352 g/mol. The molecule has 0 aliphatic rings. The zero-order valence-electron chi connectivity index (χ0n) is 11.5. The van der Waals surface area contributed by atoms with Crippen LogP contribution < -0.4 is 9.47 Å². The second-order valence-electron chi connectivity index (χ2n) is 4.56. The van der Waals surface area contributed by atoms with Crippen LogP contribution in [-0.4, -0.2) is 26.9 Å². The highest BCUT2D eigenvalue weighted by Gasteiger charge is 2.11. The van der Waals surface area contributed by atoms with E-state index in [1.165, 1.54) is 0 Å². The van der Waals surface area contributed by atoms with Gasteiger partial charge in [0.2, 0.25) is 0 Å². The maximum Gasteiger partial charge on any atom is 0.179 e. The molecule has 0 saturated heterocycles. The zero-order chi connectivity index (χ0) is 14.3. The van der Waals surface area contributed by atoms with Crippen molar-refractivity contribution in [2.75, 3.05) is 26.9 Å². The van der Waals surface area contributed by atoms with E-state index in [-0.39, 0.29) is 0 Å². The monoisotopic (exact) mass is 350 g/mol. The lowest BCUT2D eigenvalue weighted by Gasteiger charge is -2.14. The third-order valence-electron chi connectivity index (χ3n) is 2.37. The largest absolute Gasteiger partial charge is 0.493 e. The number of benzene rings is 1. The fourth-order valence-corrected chi connectivity index (χ4v) is 2.12. The lowest BCUT2D eigenvalue weighted by atomic mass is 10.2. The number of halogens is 2. The Labute approximate surface area is 128 Å². The van der Waals surface area contributed by atoms with E-state index in [1.807, 2.05) is 12.1 Å². The van der Waals surface area contributed by atoms with Crippen molar-refractivity contribution in [2.45, 2.75) is 19.2 Å². The van der Waals surface area contributed by atoms with Gasteiger partial charge in [-0.1, -0.05) is 41.4 Å². The zero-order valence-corrected chi connectivity index (χ0v) is 13.9. The fraction of sp³-hybridized carbons (Fsp3) is 0.571. The van der Waals surface area contributed by atoms with Crippen LogP contribution in [-0.2, 0) is 10.1 Å². The number of hydrogen-bond acceptors (Lipinski definition) is 3. The number of hydrogen-bond donors (Lipinski definition) is 0. The van der Waals surface area contributed by atoms with Gasteiger partial charge >= 0.3 is 0 Å². The lowest BCUT2D eigenvalue weighted by molar-refractivity contribution is 0.0811. The van der Waals surface area contributed by atoms with Gasteiger partial charge in [0.15, 0.2) is 11.5 Å². The third kappa shape index (κ3) is 5.59. The van der Waals surface area contributed by atoms with Crippen LogP contribution in [0.2, 0.25) is 5.02 Å². The first kappa shape index (κ1) is 16.6. The highest BCUT2D eigenvalue weighted by molar-refractivity contribution is 9.08. The van der Waals surface area contributed by atoms with Gasteiger partial charge in [0, 0.05) is 11.9 Å². The molecule has 0 saturated carbocycles. The van der Waals surface area contributed by atoms with E-state index in [1.54, 1.807) is 7.11 Å². The van der Waals surface area contributed by atoms with Crippen LogP contribution in [0.4, 0.5) is 0 Å². The minimum absolute atomic E-state index is 0.455. The molecule has 0 aliphatic carbocycles. The molecule has 0 aromatic heterocycles. The number of ether oxygens (including phenoxy) is 3. The molecule has 0 unspecified atom stereocenters. The summed E-state index contributed by atoms with van der Waals surface area (Å²) >= 11 is 9.58. The predicted molar refractivity (Wildman–Crippen MR) is 81.8 cm³/mol. The maximum absolute atomic E-state index is 6.19. The van der Waals surface area contributed by atoms with Crippen LogP contribution in [0, 0.1) is 5.92 Å². The van der Waals surface area contributed by atoms with E-state index in [4.69, 9.17) is 25.8 Å². The van der Waals surface area contributed by atoms with Crippen molar-refractivity contribution >= 4 is 27.5 Å². The minimum Gasteiger partial charge on any atom is -0.493 e. The van der Waals surface area contributed by atoms with E-state index >= 15 is 0 Å². The molecule has 0 fully saturated rings. The van der Waals surface area contributed by atoms with Crippen molar-refractivity contribution in [3.63, 3.8) is 0 Å². The Balaban J connectivity index is 2.57.